The van der Waals surface area contributed by atoms with Crippen LogP contribution in [0.4, 0.5) is 17.1 Å². The molecule has 0 fully saturated rings. The van der Waals surface area contributed by atoms with Gasteiger partial charge < -0.3 is 5.32 Å². The number of amides is 1. The van der Waals surface area contributed by atoms with Crippen LogP contribution in [-0.2, 0) is 17.6 Å². The first-order valence-corrected chi connectivity index (χ1v) is 8.66. The second-order valence-electron chi connectivity index (χ2n) is 6.56. The maximum absolute atomic E-state index is 11.7. The van der Waals surface area contributed by atoms with Gasteiger partial charge in [-0.05, 0) is 53.1 Å². The molecule has 4 rings (SSSR count). The molecule has 1 aliphatic carbocycles. The highest BCUT2D eigenvalue weighted by Crippen LogP contribution is 2.41. The predicted octanol–water partition coefficient (Wildman–Crippen LogP) is 4.56. The van der Waals surface area contributed by atoms with Crippen molar-refractivity contribution in [3.8, 4) is 0 Å². The van der Waals surface area contributed by atoms with Gasteiger partial charge in [0, 0.05) is 30.7 Å². The Morgan fingerprint density at radius 2 is 1.89 bits per heavy atom. The minimum atomic E-state index is -0.432. The normalized spacial score (nSPS) is 12.6. The van der Waals surface area contributed by atoms with Crippen LogP contribution in [0.25, 0.3) is 10.8 Å². The molecular weight excluding hydrogens is 342 g/mol. The van der Waals surface area contributed by atoms with E-state index in [4.69, 9.17) is 0 Å². The van der Waals surface area contributed by atoms with Crippen molar-refractivity contribution < 1.29 is 9.72 Å². The molecule has 0 spiro atoms. The quantitative estimate of drug-likeness (QED) is 0.421. The number of aryl methyl sites for hydroxylation is 2. The molecule has 6 nitrogen and oxygen atoms in total. The standard InChI is InChI=1S/C21H17N3O3/c1-13(25)23-21-18-4-2-3-15-7-8-16(20(15)18)11-19(21)22-12-14-5-9-17(10-6-14)24(26)27/h2-6,9-12H,7-8H2,1H3,(H,23,25). The van der Waals surface area contributed by atoms with Crippen LogP contribution in [0.3, 0.4) is 0 Å². The Morgan fingerprint density at radius 1 is 1.15 bits per heavy atom. The zero-order chi connectivity index (χ0) is 19.0. The van der Waals surface area contributed by atoms with Crippen molar-refractivity contribution in [2.24, 2.45) is 4.99 Å². The fourth-order valence-corrected chi connectivity index (χ4v) is 3.55. The molecule has 27 heavy (non-hydrogen) atoms. The van der Waals surface area contributed by atoms with Gasteiger partial charge in [-0.15, -0.1) is 0 Å². The third kappa shape index (κ3) is 3.17. The van der Waals surface area contributed by atoms with Crippen LogP contribution in [0.5, 0.6) is 0 Å². The lowest BCUT2D eigenvalue weighted by Gasteiger charge is -2.13. The maximum atomic E-state index is 11.7. The summed E-state index contributed by atoms with van der Waals surface area (Å²) in [7, 11) is 0. The van der Waals surface area contributed by atoms with Gasteiger partial charge in [-0.3, -0.25) is 19.9 Å². The molecule has 0 aromatic heterocycles. The number of nitrogens with zero attached hydrogens (tertiary/aromatic N) is 2. The molecule has 134 valence electrons. The summed E-state index contributed by atoms with van der Waals surface area (Å²) in [6.45, 7) is 1.48. The number of hydrogen-bond donors (Lipinski definition) is 1. The highest BCUT2D eigenvalue weighted by molar-refractivity contribution is 6.09. The second-order valence-corrected chi connectivity index (χ2v) is 6.56. The summed E-state index contributed by atoms with van der Waals surface area (Å²) in [5, 5.41) is 15.9. The molecule has 0 atom stereocenters. The minimum Gasteiger partial charge on any atom is -0.324 e. The van der Waals surface area contributed by atoms with Crippen LogP contribution in [0, 0.1) is 10.1 Å². The first-order chi connectivity index (χ1) is 13.0. The molecule has 1 amide bonds. The van der Waals surface area contributed by atoms with Crippen molar-refractivity contribution in [3.63, 3.8) is 0 Å². The van der Waals surface area contributed by atoms with E-state index in [1.807, 2.05) is 18.2 Å². The van der Waals surface area contributed by atoms with E-state index in [1.165, 1.54) is 35.6 Å². The molecule has 0 heterocycles. The fourth-order valence-electron chi connectivity index (χ4n) is 3.55. The van der Waals surface area contributed by atoms with Crippen LogP contribution in [0.15, 0.2) is 53.5 Å². The Labute approximate surface area is 155 Å². The summed E-state index contributed by atoms with van der Waals surface area (Å²) < 4.78 is 0. The molecule has 6 heteroatoms. The Morgan fingerprint density at radius 3 is 2.59 bits per heavy atom. The number of hydrogen-bond acceptors (Lipinski definition) is 4. The third-order valence-electron chi connectivity index (χ3n) is 4.73. The van der Waals surface area contributed by atoms with Crippen molar-refractivity contribution in [2.45, 2.75) is 19.8 Å². The van der Waals surface area contributed by atoms with E-state index in [0.717, 1.165) is 23.8 Å². The molecule has 0 saturated carbocycles. The number of nitro benzene ring substituents is 1. The molecular formula is C21H17N3O3. The Bertz CT molecular complexity index is 1100. The molecule has 0 aliphatic heterocycles. The average Bonchev–Trinajstić information content (AvgIpc) is 3.07. The predicted molar refractivity (Wildman–Crippen MR) is 106 cm³/mol. The largest absolute Gasteiger partial charge is 0.324 e. The number of carbonyl (C=O) groups is 1. The van der Waals surface area contributed by atoms with Crippen molar-refractivity contribution in [2.75, 3.05) is 5.32 Å². The summed E-state index contributed by atoms with van der Waals surface area (Å²) >= 11 is 0. The van der Waals surface area contributed by atoms with Crippen LogP contribution < -0.4 is 5.32 Å². The molecule has 3 aromatic rings. The Balaban J connectivity index is 1.79. The summed E-state index contributed by atoms with van der Waals surface area (Å²) in [5.41, 5.74) is 4.69. The van der Waals surface area contributed by atoms with E-state index in [9.17, 15) is 14.9 Å². The van der Waals surface area contributed by atoms with Gasteiger partial charge in [0.05, 0.1) is 16.3 Å². The van der Waals surface area contributed by atoms with E-state index in [-0.39, 0.29) is 11.6 Å². The topological polar surface area (TPSA) is 84.6 Å². The number of carbonyl (C=O) groups excluding carboxylic acids is 1. The van der Waals surface area contributed by atoms with Gasteiger partial charge in [0.2, 0.25) is 5.91 Å². The molecule has 0 radical (unpaired) electrons. The second kappa shape index (κ2) is 6.64. The van der Waals surface area contributed by atoms with E-state index in [0.29, 0.717) is 11.4 Å². The highest BCUT2D eigenvalue weighted by Gasteiger charge is 2.19. The van der Waals surface area contributed by atoms with Crippen molar-refractivity contribution >= 4 is 40.0 Å². The number of aliphatic imine (C=N–C) groups is 1. The van der Waals surface area contributed by atoms with Gasteiger partial charge in [-0.2, -0.15) is 0 Å². The molecule has 0 unspecified atom stereocenters. The zero-order valence-corrected chi connectivity index (χ0v) is 14.7. The number of non-ortho nitro benzene ring substituents is 1. The lowest BCUT2D eigenvalue weighted by molar-refractivity contribution is -0.384. The minimum absolute atomic E-state index is 0.0393. The van der Waals surface area contributed by atoms with Gasteiger partial charge in [0.1, 0.15) is 0 Å². The van der Waals surface area contributed by atoms with Gasteiger partial charge in [0.15, 0.2) is 0 Å². The first-order valence-electron chi connectivity index (χ1n) is 8.66. The van der Waals surface area contributed by atoms with E-state index in [1.54, 1.807) is 18.3 Å². The Hall–Kier alpha value is -3.54. The Kier molecular flexibility index (Phi) is 4.16. The van der Waals surface area contributed by atoms with Gasteiger partial charge >= 0.3 is 0 Å². The van der Waals surface area contributed by atoms with Crippen molar-refractivity contribution in [1.29, 1.82) is 0 Å². The number of benzene rings is 3. The molecule has 3 aromatic carbocycles. The van der Waals surface area contributed by atoms with Gasteiger partial charge in [-0.25, -0.2) is 0 Å². The number of nitro groups is 1. The smallest absolute Gasteiger partial charge is 0.269 e. The number of rotatable bonds is 4. The molecule has 0 saturated heterocycles. The summed E-state index contributed by atoms with van der Waals surface area (Å²) in [6, 6.07) is 14.3. The number of nitrogens with one attached hydrogen (secondary N) is 1. The van der Waals surface area contributed by atoms with Crippen molar-refractivity contribution in [3.05, 3.63) is 75.3 Å². The third-order valence-corrected chi connectivity index (χ3v) is 4.73. The summed E-state index contributed by atoms with van der Waals surface area (Å²) in [6.07, 6.45) is 3.60. The lowest BCUT2D eigenvalue weighted by atomic mass is 10.0. The molecule has 1 aliphatic rings. The van der Waals surface area contributed by atoms with Crippen LogP contribution in [0.2, 0.25) is 0 Å². The average molecular weight is 359 g/mol. The fraction of sp³-hybridized carbons (Fsp3) is 0.143. The van der Waals surface area contributed by atoms with Crippen LogP contribution in [0.1, 0.15) is 23.6 Å². The molecule has 0 bridgehead atoms. The van der Waals surface area contributed by atoms with E-state index in [2.05, 4.69) is 16.4 Å². The molecule has 1 N–H and O–H groups in total. The number of anilines is 1. The van der Waals surface area contributed by atoms with Crippen LogP contribution >= 0.6 is 0 Å². The lowest BCUT2D eigenvalue weighted by Crippen LogP contribution is -2.07. The van der Waals surface area contributed by atoms with Gasteiger partial charge in [-0.1, -0.05) is 18.2 Å². The highest BCUT2D eigenvalue weighted by atomic mass is 16.6. The first kappa shape index (κ1) is 16.9. The zero-order valence-electron chi connectivity index (χ0n) is 14.7. The summed E-state index contributed by atoms with van der Waals surface area (Å²) in [4.78, 5) is 26.7. The monoisotopic (exact) mass is 359 g/mol. The van der Waals surface area contributed by atoms with E-state index >= 15 is 0 Å². The van der Waals surface area contributed by atoms with Gasteiger partial charge in [0.25, 0.3) is 5.69 Å². The summed E-state index contributed by atoms with van der Waals surface area (Å²) in [5.74, 6) is -0.152. The maximum Gasteiger partial charge on any atom is 0.269 e. The van der Waals surface area contributed by atoms with Crippen molar-refractivity contribution in [1.82, 2.24) is 0 Å². The van der Waals surface area contributed by atoms with E-state index < -0.39 is 4.92 Å². The van der Waals surface area contributed by atoms with Crippen LogP contribution in [-0.4, -0.2) is 17.0 Å². The SMILES string of the molecule is CC(=O)Nc1c(N=Cc2ccc([N+](=O)[O-])cc2)cc2c3c(cccc13)CC2.